The fourth-order valence-electron chi connectivity index (χ4n) is 3.92. The van der Waals surface area contributed by atoms with Crippen LogP contribution in [0.15, 0.2) is 78.9 Å². The highest BCUT2D eigenvalue weighted by Crippen LogP contribution is 2.32. The molecule has 0 aliphatic rings. The average molecular weight is 483 g/mol. The first-order valence-electron chi connectivity index (χ1n) is 11.1. The molecule has 0 aliphatic heterocycles. The standard InChI is InChI=1S/C28H23ClN4O2/c1-17-3-5-18(6-4-17)16-30-28(34)23-15-24(19-9-13-22(35-2)14-10-19)31-27-25(23)26(32-33-27)20-7-11-21(29)12-8-20/h3-15H,16H2,1-2H3,(H,30,34)(H,31,32,33). The number of aromatic nitrogens is 3. The Morgan fingerprint density at radius 3 is 2.34 bits per heavy atom. The maximum atomic E-state index is 13.5. The van der Waals surface area contributed by atoms with Crippen molar-refractivity contribution in [2.75, 3.05) is 7.11 Å². The number of nitrogens with one attached hydrogen (secondary N) is 2. The van der Waals surface area contributed by atoms with E-state index in [0.717, 1.165) is 22.4 Å². The molecule has 0 bridgehead atoms. The largest absolute Gasteiger partial charge is 0.497 e. The van der Waals surface area contributed by atoms with Crippen LogP contribution in [0.4, 0.5) is 0 Å². The molecule has 0 fully saturated rings. The van der Waals surface area contributed by atoms with E-state index < -0.39 is 0 Å². The Morgan fingerprint density at radius 1 is 0.971 bits per heavy atom. The number of benzene rings is 3. The van der Waals surface area contributed by atoms with Crippen LogP contribution < -0.4 is 10.1 Å². The van der Waals surface area contributed by atoms with Gasteiger partial charge in [0.1, 0.15) is 5.75 Å². The molecule has 2 N–H and O–H groups in total. The van der Waals surface area contributed by atoms with Gasteiger partial charge in [0.2, 0.25) is 0 Å². The van der Waals surface area contributed by atoms with Crippen LogP contribution in [-0.4, -0.2) is 28.2 Å². The van der Waals surface area contributed by atoms with Gasteiger partial charge in [-0.25, -0.2) is 4.98 Å². The average Bonchev–Trinajstić information content (AvgIpc) is 3.32. The minimum Gasteiger partial charge on any atom is -0.497 e. The quantitative estimate of drug-likeness (QED) is 0.302. The summed E-state index contributed by atoms with van der Waals surface area (Å²) < 4.78 is 5.27. The van der Waals surface area contributed by atoms with E-state index in [4.69, 9.17) is 21.3 Å². The van der Waals surface area contributed by atoms with Crippen LogP contribution >= 0.6 is 11.6 Å². The molecule has 0 radical (unpaired) electrons. The summed E-state index contributed by atoms with van der Waals surface area (Å²) in [7, 11) is 1.62. The highest BCUT2D eigenvalue weighted by atomic mass is 35.5. The zero-order valence-corrected chi connectivity index (χ0v) is 20.1. The van der Waals surface area contributed by atoms with Gasteiger partial charge in [0.05, 0.1) is 29.4 Å². The molecule has 0 atom stereocenters. The van der Waals surface area contributed by atoms with Crippen molar-refractivity contribution in [3.8, 4) is 28.3 Å². The molecule has 2 aromatic heterocycles. The molecular weight excluding hydrogens is 460 g/mol. The number of hydrogen-bond donors (Lipinski definition) is 2. The summed E-state index contributed by atoms with van der Waals surface area (Å²) in [6.07, 6.45) is 0. The van der Waals surface area contributed by atoms with Gasteiger partial charge in [-0.3, -0.25) is 9.89 Å². The lowest BCUT2D eigenvalue weighted by atomic mass is 10.0. The van der Waals surface area contributed by atoms with Crippen molar-refractivity contribution in [1.29, 1.82) is 0 Å². The summed E-state index contributed by atoms with van der Waals surface area (Å²) in [5.41, 5.74) is 6.23. The number of aryl methyl sites for hydroxylation is 1. The molecule has 1 amide bonds. The number of pyridine rings is 1. The number of hydrogen-bond acceptors (Lipinski definition) is 4. The molecule has 0 spiro atoms. The number of nitrogens with zero attached hydrogens (tertiary/aromatic N) is 2. The number of fused-ring (bicyclic) bond motifs is 1. The molecule has 174 valence electrons. The highest BCUT2D eigenvalue weighted by Gasteiger charge is 2.20. The van der Waals surface area contributed by atoms with E-state index in [-0.39, 0.29) is 5.91 Å². The molecule has 0 aliphatic carbocycles. The van der Waals surface area contributed by atoms with Crippen LogP contribution in [0.2, 0.25) is 5.02 Å². The van der Waals surface area contributed by atoms with E-state index in [9.17, 15) is 4.79 Å². The van der Waals surface area contributed by atoms with Crippen molar-refractivity contribution in [3.63, 3.8) is 0 Å². The Morgan fingerprint density at radius 2 is 1.66 bits per heavy atom. The Balaban J connectivity index is 1.59. The third-order valence-corrected chi connectivity index (χ3v) is 6.11. The Kier molecular flexibility index (Phi) is 6.21. The second-order valence-corrected chi connectivity index (χ2v) is 8.69. The van der Waals surface area contributed by atoms with Gasteiger partial charge in [0.15, 0.2) is 5.65 Å². The first-order valence-corrected chi connectivity index (χ1v) is 11.5. The van der Waals surface area contributed by atoms with E-state index in [1.165, 1.54) is 5.56 Å². The fraction of sp³-hybridized carbons (Fsp3) is 0.107. The molecule has 0 unspecified atom stereocenters. The van der Waals surface area contributed by atoms with E-state index >= 15 is 0 Å². The lowest BCUT2D eigenvalue weighted by molar-refractivity contribution is 0.0952. The molecule has 0 saturated heterocycles. The Hall–Kier alpha value is -4.16. The molecule has 7 heteroatoms. The van der Waals surface area contributed by atoms with Gasteiger partial charge in [0.25, 0.3) is 5.91 Å². The minimum atomic E-state index is -0.204. The summed E-state index contributed by atoms with van der Waals surface area (Å²) in [5.74, 6) is 0.542. The topological polar surface area (TPSA) is 79.9 Å². The van der Waals surface area contributed by atoms with Crippen LogP contribution in [0.3, 0.4) is 0 Å². The molecule has 0 saturated carbocycles. The number of carbonyl (C=O) groups excluding carboxylic acids is 1. The van der Waals surface area contributed by atoms with Crippen molar-refractivity contribution in [3.05, 3.63) is 101 Å². The zero-order valence-electron chi connectivity index (χ0n) is 19.3. The van der Waals surface area contributed by atoms with Crippen LogP contribution in [0.5, 0.6) is 5.75 Å². The summed E-state index contributed by atoms with van der Waals surface area (Å²) in [6.45, 7) is 2.45. The van der Waals surface area contributed by atoms with Gasteiger partial charge in [-0.2, -0.15) is 5.10 Å². The van der Waals surface area contributed by atoms with Gasteiger partial charge in [-0.05, 0) is 55.0 Å². The second kappa shape index (κ2) is 9.60. The maximum Gasteiger partial charge on any atom is 0.252 e. The smallest absolute Gasteiger partial charge is 0.252 e. The SMILES string of the molecule is COc1ccc(-c2cc(C(=O)NCc3ccc(C)cc3)c3c(-c4ccc(Cl)cc4)[nH]nc3n2)cc1. The van der Waals surface area contributed by atoms with Crippen molar-refractivity contribution >= 4 is 28.5 Å². The lowest BCUT2D eigenvalue weighted by Gasteiger charge is -2.10. The van der Waals surface area contributed by atoms with E-state index in [2.05, 4.69) is 15.5 Å². The number of ether oxygens (including phenoxy) is 1. The Bertz CT molecular complexity index is 1490. The summed E-state index contributed by atoms with van der Waals surface area (Å²) in [6, 6.07) is 24.8. The molecule has 3 aromatic carbocycles. The van der Waals surface area contributed by atoms with E-state index in [0.29, 0.717) is 39.6 Å². The Labute approximate surface area is 207 Å². The van der Waals surface area contributed by atoms with Crippen LogP contribution in [-0.2, 0) is 6.54 Å². The van der Waals surface area contributed by atoms with Crippen LogP contribution in [0.1, 0.15) is 21.5 Å². The van der Waals surface area contributed by atoms with Crippen molar-refractivity contribution < 1.29 is 9.53 Å². The molecule has 35 heavy (non-hydrogen) atoms. The van der Waals surface area contributed by atoms with Gasteiger partial charge in [0, 0.05) is 22.7 Å². The first kappa shape index (κ1) is 22.6. The molecular formula is C28H23ClN4O2. The second-order valence-electron chi connectivity index (χ2n) is 8.26. The normalized spacial score (nSPS) is 10.9. The highest BCUT2D eigenvalue weighted by molar-refractivity contribution is 6.30. The van der Waals surface area contributed by atoms with Gasteiger partial charge in [-0.15, -0.1) is 0 Å². The third kappa shape index (κ3) is 4.74. The predicted octanol–water partition coefficient (Wildman–Crippen LogP) is 6.19. The number of carbonyl (C=O) groups is 1. The van der Waals surface area contributed by atoms with Crippen LogP contribution in [0, 0.1) is 6.92 Å². The first-order chi connectivity index (χ1) is 17.0. The van der Waals surface area contributed by atoms with Gasteiger partial charge >= 0.3 is 0 Å². The molecule has 6 nitrogen and oxygen atoms in total. The number of aromatic amines is 1. The molecule has 5 aromatic rings. The van der Waals surface area contributed by atoms with Crippen molar-refractivity contribution in [2.24, 2.45) is 0 Å². The summed E-state index contributed by atoms with van der Waals surface area (Å²) >= 11 is 6.08. The number of amides is 1. The van der Waals surface area contributed by atoms with Gasteiger partial charge in [-0.1, -0.05) is 53.6 Å². The summed E-state index contributed by atoms with van der Waals surface area (Å²) in [4.78, 5) is 18.2. The molecule has 5 rings (SSSR count). The summed E-state index contributed by atoms with van der Waals surface area (Å²) in [5, 5.41) is 11.8. The number of methoxy groups -OCH3 is 1. The fourth-order valence-corrected chi connectivity index (χ4v) is 4.05. The lowest BCUT2D eigenvalue weighted by Crippen LogP contribution is -2.23. The van der Waals surface area contributed by atoms with Crippen molar-refractivity contribution in [2.45, 2.75) is 13.5 Å². The number of H-pyrrole nitrogens is 1. The molecule has 2 heterocycles. The number of halogens is 1. The van der Waals surface area contributed by atoms with E-state index in [1.54, 1.807) is 19.2 Å². The monoisotopic (exact) mass is 482 g/mol. The maximum absolute atomic E-state index is 13.5. The third-order valence-electron chi connectivity index (χ3n) is 5.86. The zero-order chi connectivity index (χ0) is 24.4. The number of rotatable bonds is 6. The van der Waals surface area contributed by atoms with E-state index in [1.807, 2.05) is 73.7 Å². The van der Waals surface area contributed by atoms with Crippen molar-refractivity contribution in [1.82, 2.24) is 20.5 Å². The van der Waals surface area contributed by atoms with Crippen LogP contribution in [0.25, 0.3) is 33.5 Å². The predicted molar refractivity (Wildman–Crippen MR) is 139 cm³/mol. The minimum absolute atomic E-state index is 0.204. The van der Waals surface area contributed by atoms with Gasteiger partial charge < -0.3 is 10.1 Å².